The van der Waals surface area contributed by atoms with Gasteiger partial charge in [0.1, 0.15) is 5.75 Å². The number of amides is 1. The van der Waals surface area contributed by atoms with Crippen LogP contribution in [0, 0.1) is 0 Å². The third-order valence-electron chi connectivity index (χ3n) is 2.84. The van der Waals surface area contributed by atoms with Crippen LogP contribution in [0.15, 0.2) is 46.9 Å². The number of primary amides is 1. The number of halogens is 4. The Morgan fingerprint density at radius 3 is 2.16 bits per heavy atom. The number of hydrogen-bond donors (Lipinski definition) is 3. The Kier molecular flexibility index (Phi) is 5.85. The van der Waals surface area contributed by atoms with E-state index in [1.807, 2.05) is 0 Å². The van der Waals surface area contributed by atoms with E-state index in [9.17, 15) is 18.0 Å². The summed E-state index contributed by atoms with van der Waals surface area (Å²) < 4.78 is 40.7. The molecule has 0 atom stereocenters. The molecule has 0 bridgehead atoms. The van der Waals surface area contributed by atoms with Crippen molar-refractivity contribution in [1.82, 2.24) is 0 Å². The summed E-state index contributed by atoms with van der Waals surface area (Å²) >= 11 is 8.13. The fraction of sp³-hybridized carbons (Fsp3) is 0.0667. The molecule has 0 saturated carbocycles. The molecule has 2 aromatic rings. The van der Waals surface area contributed by atoms with Crippen molar-refractivity contribution >= 4 is 50.5 Å². The van der Waals surface area contributed by atoms with Crippen molar-refractivity contribution in [2.24, 2.45) is 5.73 Å². The molecule has 0 saturated heterocycles. The number of nitrogens with one attached hydrogen (secondary N) is 2. The first kappa shape index (κ1) is 19.0. The Labute approximate surface area is 154 Å². The highest BCUT2D eigenvalue weighted by Gasteiger charge is 2.31. The fourth-order valence-electron chi connectivity index (χ4n) is 1.80. The highest BCUT2D eigenvalue weighted by atomic mass is 79.9. The molecule has 0 aliphatic carbocycles. The number of rotatable bonds is 4. The van der Waals surface area contributed by atoms with Crippen molar-refractivity contribution in [2.75, 3.05) is 10.6 Å². The summed E-state index contributed by atoms with van der Waals surface area (Å²) in [6.07, 6.45) is -4.77. The molecule has 4 N–H and O–H groups in total. The van der Waals surface area contributed by atoms with Gasteiger partial charge in [-0.25, -0.2) is 0 Å². The Morgan fingerprint density at radius 2 is 1.64 bits per heavy atom. The quantitative estimate of drug-likeness (QED) is 0.628. The first-order valence-corrected chi connectivity index (χ1v) is 7.87. The molecule has 0 spiro atoms. The third kappa shape index (κ3) is 5.91. The van der Waals surface area contributed by atoms with Crippen LogP contribution in [0.1, 0.15) is 10.4 Å². The van der Waals surface area contributed by atoms with Crippen LogP contribution in [0.5, 0.6) is 5.75 Å². The SMILES string of the molecule is NC(=O)c1ccc(NC(=S)Nc2ccc(OC(F)(F)F)c(Br)c2)cc1. The van der Waals surface area contributed by atoms with Gasteiger partial charge in [-0.05, 0) is 70.6 Å². The van der Waals surface area contributed by atoms with E-state index in [2.05, 4.69) is 31.3 Å². The van der Waals surface area contributed by atoms with Crippen molar-refractivity contribution < 1.29 is 22.7 Å². The molecule has 0 aliphatic rings. The molecule has 0 aliphatic heterocycles. The fourth-order valence-corrected chi connectivity index (χ4v) is 2.49. The number of thiocarbonyl (C=S) groups is 1. The van der Waals surface area contributed by atoms with E-state index in [1.54, 1.807) is 12.1 Å². The number of ether oxygens (including phenoxy) is 1. The van der Waals surface area contributed by atoms with E-state index in [0.717, 1.165) is 6.07 Å². The molecule has 25 heavy (non-hydrogen) atoms. The van der Waals surface area contributed by atoms with Crippen LogP contribution in [0.25, 0.3) is 0 Å². The minimum Gasteiger partial charge on any atom is -0.405 e. The average Bonchev–Trinajstić information content (AvgIpc) is 2.49. The maximum atomic E-state index is 12.2. The third-order valence-corrected chi connectivity index (χ3v) is 3.67. The molecule has 10 heteroatoms. The van der Waals surface area contributed by atoms with Gasteiger partial charge in [-0.15, -0.1) is 13.2 Å². The van der Waals surface area contributed by atoms with Gasteiger partial charge in [-0.2, -0.15) is 0 Å². The number of carbonyl (C=O) groups is 1. The first-order chi connectivity index (χ1) is 11.6. The van der Waals surface area contributed by atoms with E-state index < -0.39 is 12.3 Å². The van der Waals surface area contributed by atoms with Crippen LogP contribution < -0.4 is 21.1 Å². The largest absolute Gasteiger partial charge is 0.573 e. The van der Waals surface area contributed by atoms with Crippen LogP contribution in [-0.4, -0.2) is 17.4 Å². The van der Waals surface area contributed by atoms with Gasteiger partial charge in [0, 0.05) is 16.9 Å². The predicted molar refractivity (Wildman–Crippen MR) is 95.6 cm³/mol. The second-order valence-corrected chi connectivity index (χ2v) is 5.98. The van der Waals surface area contributed by atoms with Crippen molar-refractivity contribution in [2.45, 2.75) is 6.36 Å². The summed E-state index contributed by atoms with van der Waals surface area (Å²) in [6.45, 7) is 0. The van der Waals surface area contributed by atoms with E-state index in [1.165, 1.54) is 24.3 Å². The average molecular weight is 434 g/mol. The second-order valence-electron chi connectivity index (χ2n) is 4.71. The number of anilines is 2. The van der Waals surface area contributed by atoms with Crippen molar-refractivity contribution in [3.05, 3.63) is 52.5 Å². The highest BCUT2D eigenvalue weighted by Crippen LogP contribution is 2.32. The van der Waals surface area contributed by atoms with Gasteiger partial charge in [-0.3, -0.25) is 4.79 Å². The molecule has 0 aromatic heterocycles. The smallest absolute Gasteiger partial charge is 0.405 e. The molecule has 1 amide bonds. The molecule has 0 heterocycles. The van der Waals surface area contributed by atoms with E-state index in [4.69, 9.17) is 18.0 Å². The molecular formula is C15H11BrF3N3O2S. The van der Waals surface area contributed by atoms with E-state index >= 15 is 0 Å². The summed E-state index contributed by atoms with van der Waals surface area (Å²) in [6, 6.07) is 10.2. The molecule has 0 radical (unpaired) electrons. The lowest BCUT2D eigenvalue weighted by Gasteiger charge is -2.14. The predicted octanol–water partition coefficient (Wildman–Crippen LogP) is 4.26. The zero-order valence-corrected chi connectivity index (χ0v) is 14.8. The van der Waals surface area contributed by atoms with E-state index in [0.29, 0.717) is 16.9 Å². The molecule has 2 aromatic carbocycles. The highest BCUT2D eigenvalue weighted by molar-refractivity contribution is 9.10. The van der Waals surface area contributed by atoms with Crippen LogP contribution in [-0.2, 0) is 0 Å². The lowest BCUT2D eigenvalue weighted by atomic mass is 10.2. The minimum atomic E-state index is -4.77. The number of nitrogens with two attached hydrogens (primary N) is 1. The lowest BCUT2D eigenvalue weighted by Crippen LogP contribution is -2.20. The zero-order valence-electron chi connectivity index (χ0n) is 12.4. The number of benzene rings is 2. The maximum Gasteiger partial charge on any atom is 0.573 e. The van der Waals surface area contributed by atoms with Gasteiger partial charge in [-0.1, -0.05) is 0 Å². The number of alkyl halides is 3. The molecule has 0 unspecified atom stereocenters. The van der Waals surface area contributed by atoms with Crippen LogP contribution in [0.2, 0.25) is 0 Å². The maximum absolute atomic E-state index is 12.2. The lowest BCUT2D eigenvalue weighted by molar-refractivity contribution is -0.274. The summed E-state index contributed by atoms with van der Waals surface area (Å²) in [5, 5.41) is 5.90. The van der Waals surface area contributed by atoms with Gasteiger partial charge in [0.05, 0.1) is 4.47 Å². The molecule has 5 nitrogen and oxygen atoms in total. The van der Waals surface area contributed by atoms with Gasteiger partial charge in [0.2, 0.25) is 5.91 Å². The topological polar surface area (TPSA) is 76.4 Å². The Hall–Kier alpha value is -2.33. The Balaban J connectivity index is 2.00. The Bertz CT molecular complexity index is 798. The summed E-state index contributed by atoms with van der Waals surface area (Å²) in [5.41, 5.74) is 6.57. The van der Waals surface area contributed by atoms with Gasteiger partial charge < -0.3 is 21.1 Å². The molecule has 132 valence electrons. The Morgan fingerprint density at radius 1 is 1.08 bits per heavy atom. The minimum absolute atomic E-state index is 0.114. The van der Waals surface area contributed by atoms with Crippen LogP contribution in [0.4, 0.5) is 24.5 Å². The van der Waals surface area contributed by atoms with Crippen LogP contribution >= 0.6 is 28.1 Å². The summed E-state index contributed by atoms with van der Waals surface area (Å²) in [5.74, 6) is -0.905. The normalized spacial score (nSPS) is 10.9. The summed E-state index contributed by atoms with van der Waals surface area (Å²) in [4.78, 5) is 11.0. The monoisotopic (exact) mass is 433 g/mol. The molecule has 2 rings (SSSR count). The zero-order chi connectivity index (χ0) is 18.6. The second kappa shape index (κ2) is 7.70. The van der Waals surface area contributed by atoms with Crippen molar-refractivity contribution in [3.63, 3.8) is 0 Å². The van der Waals surface area contributed by atoms with Gasteiger partial charge >= 0.3 is 6.36 Å². The molecular weight excluding hydrogens is 423 g/mol. The van der Waals surface area contributed by atoms with Crippen molar-refractivity contribution in [3.8, 4) is 5.75 Å². The number of hydrogen-bond acceptors (Lipinski definition) is 3. The summed E-state index contributed by atoms with van der Waals surface area (Å²) in [7, 11) is 0. The van der Waals surface area contributed by atoms with Gasteiger partial charge in [0.15, 0.2) is 5.11 Å². The first-order valence-electron chi connectivity index (χ1n) is 6.67. The standard InChI is InChI=1S/C15H11BrF3N3O2S/c16-11-7-10(5-6-12(11)24-15(17,18)19)22-14(25)21-9-3-1-8(2-4-9)13(20)23/h1-7H,(H2,20,23)(H2,21,22,25). The van der Waals surface area contributed by atoms with E-state index in [-0.39, 0.29) is 15.3 Å². The number of carbonyl (C=O) groups excluding carboxylic acids is 1. The van der Waals surface area contributed by atoms with Crippen LogP contribution in [0.3, 0.4) is 0 Å². The van der Waals surface area contributed by atoms with Crippen molar-refractivity contribution in [1.29, 1.82) is 0 Å². The van der Waals surface area contributed by atoms with Gasteiger partial charge in [0.25, 0.3) is 0 Å². The molecule has 0 fully saturated rings.